The van der Waals surface area contributed by atoms with Crippen LogP contribution in [0.4, 0.5) is 4.79 Å². The first kappa shape index (κ1) is 13.3. The van der Waals surface area contributed by atoms with Gasteiger partial charge in [-0.1, -0.05) is 0 Å². The van der Waals surface area contributed by atoms with Crippen LogP contribution in [-0.4, -0.2) is 63.2 Å². The smallest absolute Gasteiger partial charge is 0.410 e. The number of hydrazine groups is 1. The molecule has 0 saturated carbocycles. The lowest BCUT2D eigenvalue weighted by molar-refractivity contribution is -0.941. The van der Waals surface area contributed by atoms with E-state index in [0.29, 0.717) is 31.1 Å². The largest absolute Gasteiger partial charge is 0.444 e. The van der Waals surface area contributed by atoms with Crippen LogP contribution in [0.3, 0.4) is 0 Å². The number of carbonyl (C=O) groups is 1. The molecule has 0 spiro atoms. The molecule has 1 saturated heterocycles. The predicted octanol–water partition coefficient (Wildman–Crippen LogP) is 0.697. The van der Waals surface area contributed by atoms with Gasteiger partial charge < -0.3 is 14.8 Å². The molecular formula is C9H19N4O4+. The topological polar surface area (TPSA) is 88.6 Å². The van der Waals surface area contributed by atoms with Gasteiger partial charge in [0.25, 0.3) is 10.2 Å². The zero-order valence-electron chi connectivity index (χ0n) is 10.3. The van der Waals surface area contributed by atoms with Crippen molar-refractivity contribution < 1.29 is 24.9 Å². The van der Waals surface area contributed by atoms with Crippen molar-refractivity contribution in [1.29, 1.82) is 0 Å². The Morgan fingerprint density at radius 1 is 1.29 bits per heavy atom. The van der Waals surface area contributed by atoms with E-state index in [-0.39, 0.29) is 6.09 Å². The number of amides is 1. The van der Waals surface area contributed by atoms with Gasteiger partial charge in [-0.3, -0.25) is 0 Å². The van der Waals surface area contributed by atoms with Gasteiger partial charge in [0, 0.05) is 13.1 Å². The summed E-state index contributed by atoms with van der Waals surface area (Å²) in [6, 6.07) is 0. The molecule has 1 fully saturated rings. The number of ether oxygens (including phenoxy) is 1. The van der Waals surface area contributed by atoms with Crippen LogP contribution >= 0.6 is 0 Å². The first-order valence-corrected chi connectivity index (χ1v) is 5.40. The third-order valence-corrected chi connectivity index (χ3v) is 2.24. The van der Waals surface area contributed by atoms with Gasteiger partial charge in [-0.25, -0.2) is 10.0 Å². The number of carbonyl (C=O) groups excluding carboxylic acids is 1. The van der Waals surface area contributed by atoms with E-state index in [9.17, 15) is 4.79 Å². The van der Waals surface area contributed by atoms with E-state index in [1.165, 1.54) is 5.01 Å². The quantitative estimate of drug-likeness (QED) is 0.404. The molecule has 0 atom stereocenters. The molecule has 1 aliphatic rings. The highest BCUT2D eigenvalue weighted by atomic mass is 16.6. The van der Waals surface area contributed by atoms with Crippen LogP contribution < -0.4 is 0 Å². The first-order chi connectivity index (χ1) is 7.83. The number of hydrogen-bond donors (Lipinski definition) is 2. The molecule has 1 heterocycles. The van der Waals surface area contributed by atoms with Gasteiger partial charge in [-0.2, -0.15) is 0 Å². The fourth-order valence-corrected chi connectivity index (χ4v) is 1.44. The molecule has 0 aromatic carbocycles. The van der Waals surface area contributed by atoms with E-state index in [1.54, 1.807) is 25.7 Å². The van der Waals surface area contributed by atoms with Gasteiger partial charge in [0.2, 0.25) is 0 Å². The molecule has 8 heteroatoms. The molecule has 0 aliphatic carbocycles. The van der Waals surface area contributed by atoms with E-state index in [1.807, 2.05) is 0 Å². The van der Waals surface area contributed by atoms with Crippen LogP contribution in [0, 0.1) is 0 Å². The molecule has 98 valence electrons. The molecule has 17 heavy (non-hydrogen) atoms. The summed E-state index contributed by atoms with van der Waals surface area (Å²) in [5.41, 5.74) is -0.516. The maximum atomic E-state index is 11.7. The van der Waals surface area contributed by atoms with Crippen molar-refractivity contribution in [3.05, 3.63) is 0 Å². The zero-order valence-corrected chi connectivity index (χ0v) is 10.3. The van der Waals surface area contributed by atoms with E-state index in [0.717, 1.165) is 0 Å². The molecule has 1 aliphatic heterocycles. The lowest BCUT2D eigenvalue weighted by atomic mass is 10.2. The normalized spacial score (nSPS) is 18.2. The van der Waals surface area contributed by atoms with Gasteiger partial charge in [0.1, 0.15) is 5.60 Å². The third-order valence-electron chi connectivity index (χ3n) is 2.24. The van der Waals surface area contributed by atoms with Crippen molar-refractivity contribution in [2.75, 3.05) is 26.2 Å². The summed E-state index contributed by atoms with van der Waals surface area (Å²) < 4.78 is 5.22. The lowest BCUT2D eigenvalue weighted by Gasteiger charge is -2.31. The van der Waals surface area contributed by atoms with Gasteiger partial charge >= 0.3 is 6.09 Å². The highest BCUT2D eigenvalue weighted by molar-refractivity contribution is 5.68. The zero-order chi connectivity index (χ0) is 13.1. The molecule has 8 nitrogen and oxygen atoms in total. The van der Waals surface area contributed by atoms with Crippen LogP contribution in [-0.2, 0) is 4.74 Å². The second kappa shape index (κ2) is 5.07. The van der Waals surface area contributed by atoms with Crippen molar-refractivity contribution in [2.45, 2.75) is 26.4 Å². The maximum absolute atomic E-state index is 11.7. The first-order valence-electron chi connectivity index (χ1n) is 5.40. The Balaban J connectivity index is 2.44. The van der Waals surface area contributed by atoms with Gasteiger partial charge in [0.05, 0.1) is 13.1 Å². The van der Waals surface area contributed by atoms with Crippen molar-refractivity contribution in [3.8, 4) is 0 Å². The van der Waals surface area contributed by atoms with Crippen LogP contribution in [0.25, 0.3) is 0 Å². The summed E-state index contributed by atoms with van der Waals surface area (Å²) in [5, 5.41) is 21.5. The lowest BCUT2D eigenvalue weighted by Crippen LogP contribution is -2.52. The summed E-state index contributed by atoms with van der Waals surface area (Å²) in [7, 11) is 0. The van der Waals surface area contributed by atoms with Crippen molar-refractivity contribution >= 4 is 6.09 Å². The molecule has 1 amide bonds. The van der Waals surface area contributed by atoms with Crippen LogP contribution in [0.15, 0.2) is 5.28 Å². The Bertz CT molecular complexity index is 305. The summed E-state index contributed by atoms with van der Waals surface area (Å²) in [6.45, 7) is 6.98. The molecule has 2 N–H and O–H groups in total. The Hall–Kier alpha value is -1.73. The second-order valence-corrected chi connectivity index (χ2v) is 4.78. The van der Waals surface area contributed by atoms with Gasteiger partial charge in [-0.15, -0.1) is 5.01 Å². The molecule has 0 radical (unpaired) electrons. The van der Waals surface area contributed by atoms with E-state index < -0.39 is 5.60 Å². The maximum Gasteiger partial charge on any atom is 0.410 e. The number of nitrogens with zero attached hydrogens (tertiary/aromatic N) is 4. The Labute approximate surface area is 99.6 Å². The van der Waals surface area contributed by atoms with Crippen LogP contribution in [0.5, 0.6) is 0 Å². The van der Waals surface area contributed by atoms with E-state index >= 15 is 0 Å². The molecule has 0 bridgehead atoms. The van der Waals surface area contributed by atoms with E-state index in [4.69, 9.17) is 15.2 Å². The molecular weight excluding hydrogens is 228 g/mol. The Morgan fingerprint density at radius 3 is 2.24 bits per heavy atom. The van der Waals surface area contributed by atoms with Gasteiger partial charge in [-0.05, 0) is 20.8 Å². The Kier molecular flexibility index (Phi) is 3.97. The van der Waals surface area contributed by atoms with Crippen molar-refractivity contribution in [1.82, 2.24) is 9.91 Å². The molecule has 0 aromatic rings. The Morgan fingerprint density at radius 2 is 1.82 bits per heavy atom. The minimum atomic E-state index is -0.516. The fourth-order valence-electron chi connectivity index (χ4n) is 1.44. The van der Waals surface area contributed by atoms with Gasteiger partial charge in [0.15, 0.2) is 0 Å². The molecule has 0 aromatic heterocycles. The molecule has 0 unspecified atom stereocenters. The predicted molar refractivity (Wildman–Crippen MR) is 55.6 cm³/mol. The standard InChI is InChI=1S/C9H18N4O4/c1-9(2,3)17-8(14)11-4-6-12(7-5-11)13(16)10-15/h16H,4-7H2,1-3H3/p+1. The third kappa shape index (κ3) is 3.97. The minimum Gasteiger partial charge on any atom is -0.444 e. The summed E-state index contributed by atoms with van der Waals surface area (Å²) in [5.74, 6) is 0. The SMILES string of the molecule is CC(C)(C)OC(=O)N1CCN(/[N+](O)=N/O)CC1. The average molecular weight is 247 g/mol. The van der Waals surface area contributed by atoms with E-state index in [2.05, 4.69) is 5.28 Å². The molecule has 1 rings (SSSR count). The minimum absolute atomic E-state index is 0.367. The average Bonchev–Trinajstić information content (AvgIpc) is 2.26. The number of rotatable bonds is 1. The summed E-state index contributed by atoms with van der Waals surface area (Å²) in [6.07, 6.45) is -0.373. The fraction of sp³-hybridized carbons (Fsp3) is 0.889. The van der Waals surface area contributed by atoms with Crippen molar-refractivity contribution in [3.63, 3.8) is 0 Å². The highest BCUT2D eigenvalue weighted by Gasteiger charge is 2.30. The summed E-state index contributed by atoms with van der Waals surface area (Å²) >= 11 is 0. The summed E-state index contributed by atoms with van der Waals surface area (Å²) in [4.78, 5) is 13.6. The van der Waals surface area contributed by atoms with Crippen LogP contribution in [0.2, 0.25) is 0 Å². The highest BCUT2D eigenvalue weighted by Crippen LogP contribution is 2.11. The van der Waals surface area contributed by atoms with Crippen molar-refractivity contribution in [2.24, 2.45) is 5.28 Å². The second-order valence-electron chi connectivity index (χ2n) is 4.78. The monoisotopic (exact) mass is 247 g/mol. The van der Waals surface area contributed by atoms with Crippen LogP contribution in [0.1, 0.15) is 20.8 Å². The number of hydrogen-bond acceptors (Lipinski definition) is 3. The number of piperazine rings is 1.